The van der Waals surface area contributed by atoms with Crippen LogP contribution in [0.2, 0.25) is 0 Å². The number of rotatable bonds is 7. The highest BCUT2D eigenvalue weighted by Gasteiger charge is 2.28. The Hall–Kier alpha value is -2.71. The Morgan fingerprint density at radius 1 is 1.17 bits per heavy atom. The molecular formula is C21H24N4O3S. The zero-order chi connectivity index (χ0) is 20.6. The number of aromatic nitrogens is 2. The molecule has 1 amide bonds. The maximum atomic E-state index is 12.7. The summed E-state index contributed by atoms with van der Waals surface area (Å²) in [6.45, 7) is 4.73. The second kappa shape index (κ2) is 7.61. The van der Waals surface area contributed by atoms with E-state index in [4.69, 9.17) is 0 Å². The second-order valence-electron chi connectivity index (χ2n) is 7.43. The number of carbonyl (C=O) groups is 1. The number of imidazole rings is 1. The van der Waals surface area contributed by atoms with Crippen molar-refractivity contribution >= 4 is 27.0 Å². The van der Waals surface area contributed by atoms with E-state index in [0.717, 1.165) is 35.3 Å². The molecule has 0 atom stereocenters. The normalized spacial score (nSPS) is 14.3. The molecule has 2 N–H and O–H groups in total. The smallest absolute Gasteiger partial charge is 0.251 e. The van der Waals surface area contributed by atoms with Gasteiger partial charge in [-0.25, -0.2) is 18.1 Å². The van der Waals surface area contributed by atoms with E-state index < -0.39 is 10.0 Å². The van der Waals surface area contributed by atoms with Crippen molar-refractivity contribution < 1.29 is 13.2 Å². The number of nitrogens with zero attached hydrogens (tertiary/aromatic N) is 2. The molecular weight excluding hydrogens is 388 g/mol. The fraction of sp³-hybridized carbons (Fsp3) is 0.333. The molecule has 1 aliphatic carbocycles. The number of aryl methyl sites for hydroxylation is 2. The third-order valence-electron chi connectivity index (χ3n) is 5.13. The zero-order valence-electron chi connectivity index (χ0n) is 16.5. The van der Waals surface area contributed by atoms with E-state index >= 15 is 0 Å². The number of nitrogens with one attached hydrogen (secondary N) is 2. The number of sulfonamides is 1. The van der Waals surface area contributed by atoms with Crippen LogP contribution in [-0.4, -0.2) is 36.5 Å². The van der Waals surface area contributed by atoms with Crippen molar-refractivity contribution in [1.29, 1.82) is 0 Å². The van der Waals surface area contributed by atoms with Gasteiger partial charge in [0.2, 0.25) is 10.0 Å². The van der Waals surface area contributed by atoms with Crippen molar-refractivity contribution in [2.45, 2.75) is 44.2 Å². The van der Waals surface area contributed by atoms with Crippen molar-refractivity contribution in [2.75, 3.05) is 6.54 Å². The summed E-state index contributed by atoms with van der Waals surface area (Å²) in [5.74, 6) is 0.601. The first kappa shape index (κ1) is 19.6. The lowest BCUT2D eigenvalue weighted by molar-refractivity contribution is 0.0951. The molecule has 3 aromatic rings. The van der Waals surface area contributed by atoms with Crippen LogP contribution >= 0.6 is 0 Å². The summed E-state index contributed by atoms with van der Waals surface area (Å²) < 4.78 is 29.6. The van der Waals surface area contributed by atoms with Gasteiger partial charge in [-0.15, -0.1) is 0 Å². The van der Waals surface area contributed by atoms with Gasteiger partial charge in [-0.2, -0.15) is 0 Å². The molecule has 0 spiro atoms. The molecule has 0 radical (unpaired) electrons. The minimum Gasteiger partial charge on any atom is -0.350 e. The van der Waals surface area contributed by atoms with E-state index in [9.17, 15) is 13.2 Å². The summed E-state index contributed by atoms with van der Waals surface area (Å²) in [5.41, 5.74) is 3.05. The average Bonchev–Trinajstić information content (AvgIpc) is 3.43. The minimum absolute atomic E-state index is 0.0202. The summed E-state index contributed by atoms with van der Waals surface area (Å²) >= 11 is 0. The van der Waals surface area contributed by atoms with Crippen LogP contribution in [0.15, 0.2) is 47.4 Å². The molecule has 0 aliphatic heterocycles. The third kappa shape index (κ3) is 4.18. The quantitative estimate of drug-likeness (QED) is 0.624. The number of fused-ring (bicyclic) bond motifs is 1. The minimum atomic E-state index is -3.60. The number of hydrogen-bond acceptors (Lipinski definition) is 4. The highest BCUT2D eigenvalue weighted by molar-refractivity contribution is 7.89. The lowest BCUT2D eigenvalue weighted by Gasteiger charge is -2.12. The van der Waals surface area contributed by atoms with Gasteiger partial charge in [0.1, 0.15) is 5.82 Å². The molecule has 1 aliphatic rings. The predicted octanol–water partition coefficient (Wildman–Crippen LogP) is 2.52. The van der Waals surface area contributed by atoms with Gasteiger partial charge in [0.05, 0.1) is 15.9 Å². The van der Waals surface area contributed by atoms with Gasteiger partial charge in [-0.05, 0) is 56.5 Å². The van der Waals surface area contributed by atoms with E-state index in [1.165, 1.54) is 12.1 Å². The Balaban J connectivity index is 1.47. The van der Waals surface area contributed by atoms with Crippen LogP contribution in [0.25, 0.3) is 11.0 Å². The van der Waals surface area contributed by atoms with Gasteiger partial charge in [0.15, 0.2) is 0 Å². The first-order valence-electron chi connectivity index (χ1n) is 9.68. The SMILES string of the molecule is Cc1ccc(S(=O)(=O)NC2CC2)cc1C(=O)NCCn1c(C)nc2ccccc21. The standard InChI is InChI=1S/C21H24N4O3S/c1-14-7-10-17(29(27,28)24-16-8-9-16)13-18(14)21(26)22-11-12-25-15(2)23-19-5-3-4-6-20(19)25/h3-7,10,13,16,24H,8-9,11-12H2,1-2H3,(H,22,26). The molecule has 1 aromatic heterocycles. The van der Waals surface area contributed by atoms with Crippen molar-refractivity contribution in [3.05, 3.63) is 59.4 Å². The van der Waals surface area contributed by atoms with Crippen LogP contribution in [0.1, 0.15) is 34.6 Å². The topological polar surface area (TPSA) is 93.1 Å². The van der Waals surface area contributed by atoms with Crippen LogP contribution in [0.3, 0.4) is 0 Å². The van der Waals surface area contributed by atoms with Gasteiger partial charge in [0, 0.05) is 24.7 Å². The van der Waals surface area contributed by atoms with E-state index in [1.54, 1.807) is 13.0 Å². The molecule has 4 rings (SSSR count). The summed E-state index contributed by atoms with van der Waals surface area (Å²) in [5, 5.41) is 2.90. The lowest BCUT2D eigenvalue weighted by Crippen LogP contribution is -2.29. The van der Waals surface area contributed by atoms with Gasteiger partial charge < -0.3 is 9.88 Å². The summed E-state index contributed by atoms with van der Waals surface area (Å²) in [4.78, 5) is 17.4. The molecule has 29 heavy (non-hydrogen) atoms. The first-order chi connectivity index (χ1) is 13.8. The predicted molar refractivity (Wildman–Crippen MR) is 111 cm³/mol. The summed E-state index contributed by atoms with van der Waals surface area (Å²) in [6, 6.07) is 12.6. The summed E-state index contributed by atoms with van der Waals surface area (Å²) in [7, 11) is -3.60. The Kier molecular flexibility index (Phi) is 5.14. The fourth-order valence-electron chi connectivity index (χ4n) is 3.36. The van der Waals surface area contributed by atoms with Crippen LogP contribution in [0.5, 0.6) is 0 Å². The molecule has 0 saturated heterocycles. The van der Waals surface area contributed by atoms with E-state index in [2.05, 4.69) is 19.6 Å². The molecule has 0 bridgehead atoms. The third-order valence-corrected chi connectivity index (χ3v) is 6.65. The van der Waals surface area contributed by atoms with Gasteiger partial charge in [-0.1, -0.05) is 18.2 Å². The Labute approximate surface area is 170 Å². The van der Waals surface area contributed by atoms with Gasteiger partial charge in [-0.3, -0.25) is 4.79 Å². The molecule has 7 nitrogen and oxygen atoms in total. The fourth-order valence-corrected chi connectivity index (χ4v) is 4.69. The molecule has 1 heterocycles. The average molecular weight is 413 g/mol. The zero-order valence-corrected chi connectivity index (χ0v) is 17.3. The van der Waals surface area contributed by atoms with Gasteiger partial charge in [0.25, 0.3) is 5.91 Å². The molecule has 152 valence electrons. The number of amides is 1. The van der Waals surface area contributed by atoms with Gasteiger partial charge >= 0.3 is 0 Å². The monoisotopic (exact) mass is 412 g/mol. The van der Waals surface area contributed by atoms with E-state index in [1.807, 2.05) is 31.2 Å². The Morgan fingerprint density at radius 2 is 1.93 bits per heavy atom. The van der Waals surface area contributed by atoms with Crippen molar-refractivity contribution in [3.8, 4) is 0 Å². The van der Waals surface area contributed by atoms with Crippen LogP contribution in [0.4, 0.5) is 0 Å². The molecule has 1 saturated carbocycles. The van der Waals surface area contributed by atoms with Crippen LogP contribution in [-0.2, 0) is 16.6 Å². The largest absolute Gasteiger partial charge is 0.350 e. The maximum absolute atomic E-state index is 12.7. The molecule has 1 fully saturated rings. The van der Waals surface area contributed by atoms with E-state index in [0.29, 0.717) is 18.7 Å². The van der Waals surface area contributed by atoms with Crippen molar-refractivity contribution in [2.24, 2.45) is 0 Å². The maximum Gasteiger partial charge on any atom is 0.251 e. The van der Waals surface area contributed by atoms with Crippen LogP contribution < -0.4 is 10.0 Å². The highest BCUT2D eigenvalue weighted by Crippen LogP contribution is 2.23. The highest BCUT2D eigenvalue weighted by atomic mass is 32.2. The van der Waals surface area contributed by atoms with Crippen LogP contribution in [0, 0.1) is 13.8 Å². The molecule has 0 unspecified atom stereocenters. The van der Waals surface area contributed by atoms with Crippen molar-refractivity contribution in [1.82, 2.24) is 19.6 Å². The Bertz CT molecular complexity index is 1180. The number of hydrogen-bond donors (Lipinski definition) is 2. The van der Waals surface area contributed by atoms with Crippen molar-refractivity contribution in [3.63, 3.8) is 0 Å². The molecule has 2 aromatic carbocycles. The Morgan fingerprint density at radius 3 is 2.69 bits per heavy atom. The lowest BCUT2D eigenvalue weighted by atomic mass is 10.1. The second-order valence-corrected chi connectivity index (χ2v) is 9.14. The number of carbonyl (C=O) groups excluding carboxylic acids is 1. The molecule has 8 heteroatoms. The number of para-hydroxylation sites is 2. The first-order valence-corrected chi connectivity index (χ1v) is 11.2. The number of benzene rings is 2. The summed E-state index contributed by atoms with van der Waals surface area (Å²) in [6.07, 6.45) is 1.72. The van der Waals surface area contributed by atoms with E-state index in [-0.39, 0.29) is 16.8 Å².